The number of carboxylic acid groups (broad SMARTS) is 1. The number of aromatic carboxylic acids is 1. The van der Waals surface area contributed by atoms with E-state index < -0.39 is 5.97 Å². The molecule has 5 nitrogen and oxygen atoms in total. The van der Waals surface area contributed by atoms with Crippen LogP contribution in [0.1, 0.15) is 36.2 Å². The summed E-state index contributed by atoms with van der Waals surface area (Å²) in [5.41, 5.74) is -0.366. The van der Waals surface area contributed by atoms with Crippen molar-refractivity contribution in [1.82, 2.24) is 4.98 Å². The fourth-order valence-corrected chi connectivity index (χ4v) is 3.03. The van der Waals surface area contributed by atoms with Crippen LogP contribution >= 0.6 is 0 Å². The average molecular weight is 286 g/mol. The molecule has 0 saturated heterocycles. The van der Waals surface area contributed by atoms with Crippen molar-refractivity contribution in [3.05, 3.63) is 36.0 Å². The Hall–Kier alpha value is -2.14. The molecule has 0 amide bonds. The third kappa shape index (κ3) is 2.56. The Bertz CT molecular complexity index is 678. The van der Waals surface area contributed by atoms with E-state index in [-0.39, 0.29) is 17.8 Å². The van der Waals surface area contributed by atoms with Crippen LogP contribution < -0.4 is 5.32 Å². The zero-order valence-corrected chi connectivity index (χ0v) is 11.7. The summed E-state index contributed by atoms with van der Waals surface area (Å²) in [6.07, 6.45) is 3.86. The Balaban J connectivity index is 2.09. The summed E-state index contributed by atoms with van der Waals surface area (Å²) in [5, 5.41) is 24.0. The number of carbonyl (C=O) groups is 1. The highest BCUT2D eigenvalue weighted by Gasteiger charge is 2.34. The molecular formula is C16H18N2O3. The summed E-state index contributed by atoms with van der Waals surface area (Å²) in [5.74, 6) is -0.505. The SMILES string of the molecule is O=C(O)c1cc2ccccc2c(NC2(CO)CCCC2)n1. The van der Waals surface area contributed by atoms with Crippen molar-refractivity contribution in [3.8, 4) is 0 Å². The zero-order chi connectivity index (χ0) is 14.9. The van der Waals surface area contributed by atoms with Crippen LogP contribution in [0.5, 0.6) is 0 Å². The number of rotatable bonds is 4. The monoisotopic (exact) mass is 286 g/mol. The normalized spacial score (nSPS) is 17.0. The molecule has 0 radical (unpaired) electrons. The van der Waals surface area contributed by atoms with Gasteiger partial charge in [0.1, 0.15) is 5.82 Å². The third-order valence-corrected chi connectivity index (χ3v) is 4.21. The summed E-state index contributed by atoms with van der Waals surface area (Å²) in [6.45, 7) is 0.0281. The number of benzene rings is 1. The standard InChI is InChI=1S/C16H18N2O3/c19-10-16(7-3-4-8-16)18-14-12-6-2-1-5-11(12)9-13(17-14)15(20)21/h1-2,5-6,9,19H,3-4,7-8,10H2,(H,17,18)(H,20,21). The van der Waals surface area contributed by atoms with Crippen molar-refractivity contribution in [2.45, 2.75) is 31.2 Å². The molecule has 1 saturated carbocycles. The van der Waals surface area contributed by atoms with E-state index in [9.17, 15) is 15.0 Å². The Morgan fingerprint density at radius 3 is 2.67 bits per heavy atom. The number of nitrogens with zero attached hydrogens (tertiary/aromatic N) is 1. The average Bonchev–Trinajstić information content (AvgIpc) is 2.96. The quantitative estimate of drug-likeness (QED) is 0.805. The van der Waals surface area contributed by atoms with Crippen LogP contribution in [-0.4, -0.2) is 33.3 Å². The van der Waals surface area contributed by atoms with Gasteiger partial charge in [0, 0.05) is 5.39 Å². The van der Waals surface area contributed by atoms with Crippen LogP contribution in [0.2, 0.25) is 0 Å². The second-order valence-electron chi connectivity index (χ2n) is 5.65. The van der Waals surface area contributed by atoms with E-state index in [1.165, 1.54) is 0 Å². The van der Waals surface area contributed by atoms with Gasteiger partial charge in [-0.3, -0.25) is 0 Å². The number of aliphatic hydroxyl groups is 1. The summed E-state index contributed by atoms with van der Waals surface area (Å²) in [7, 11) is 0. The van der Waals surface area contributed by atoms with Gasteiger partial charge in [0.25, 0.3) is 0 Å². The first-order valence-electron chi connectivity index (χ1n) is 7.16. The second kappa shape index (κ2) is 5.33. The highest BCUT2D eigenvalue weighted by molar-refractivity contribution is 5.97. The number of hydrogen-bond acceptors (Lipinski definition) is 4. The Kier molecular flexibility index (Phi) is 3.51. The first-order chi connectivity index (χ1) is 10.1. The van der Waals surface area contributed by atoms with Gasteiger partial charge in [0.2, 0.25) is 0 Å². The lowest BCUT2D eigenvalue weighted by Crippen LogP contribution is -2.39. The van der Waals surface area contributed by atoms with Crippen molar-refractivity contribution in [2.75, 3.05) is 11.9 Å². The number of anilines is 1. The van der Waals surface area contributed by atoms with E-state index in [2.05, 4.69) is 10.3 Å². The Morgan fingerprint density at radius 1 is 1.29 bits per heavy atom. The molecule has 5 heteroatoms. The molecule has 3 N–H and O–H groups in total. The molecule has 0 atom stereocenters. The third-order valence-electron chi connectivity index (χ3n) is 4.21. The number of pyridine rings is 1. The fourth-order valence-electron chi connectivity index (χ4n) is 3.03. The van der Waals surface area contributed by atoms with E-state index in [1.54, 1.807) is 6.07 Å². The van der Waals surface area contributed by atoms with Crippen molar-refractivity contribution < 1.29 is 15.0 Å². The van der Waals surface area contributed by atoms with Crippen LogP contribution in [0.15, 0.2) is 30.3 Å². The summed E-state index contributed by atoms with van der Waals surface area (Å²) < 4.78 is 0. The van der Waals surface area contributed by atoms with Gasteiger partial charge in [0.05, 0.1) is 12.1 Å². The number of hydrogen-bond donors (Lipinski definition) is 3. The highest BCUT2D eigenvalue weighted by atomic mass is 16.4. The van der Waals surface area contributed by atoms with Gasteiger partial charge >= 0.3 is 5.97 Å². The van der Waals surface area contributed by atoms with E-state index in [0.29, 0.717) is 5.82 Å². The summed E-state index contributed by atoms with van der Waals surface area (Å²) >= 11 is 0. The van der Waals surface area contributed by atoms with Gasteiger partial charge < -0.3 is 15.5 Å². The topological polar surface area (TPSA) is 82.5 Å². The number of aromatic nitrogens is 1. The molecule has 0 bridgehead atoms. The molecule has 1 fully saturated rings. The van der Waals surface area contributed by atoms with Gasteiger partial charge in [-0.1, -0.05) is 37.1 Å². The first-order valence-corrected chi connectivity index (χ1v) is 7.16. The van der Waals surface area contributed by atoms with Crippen molar-refractivity contribution in [1.29, 1.82) is 0 Å². The molecule has 1 aliphatic rings. The van der Waals surface area contributed by atoms with Crippen LogP contribution in [-0.2, 0) is 0 Å². The lowest BCUT2D eigenvalue weighted by atomic mass is 9.98. The van der Waals surface area contributed by atoms with Gasteiger partial charge in [-0.25, -0.2) is 9.78 Å². The molecule has 0 spiro atoms. The van der Waals surface area contributed by atoms with Crippen LogP contribution in [0.25, 0.3) is 10.8 Å². The first kappa shape index (κ1) is 13.8. The van der Waals surface area contributed by atoms with Gasteiger partial charge in [-0.2, -0.15) is 0 Å². The zero-order valence-electron chi connectivity index (χ0n) is 11.7. The van der Waals surface area contributed by atoms with Crippen LogP contribution in [0, 0.1) is 0 Å². The molecule has 0 aliphatic heterocycles. The van der Waals surface area contributed by atoms with Gasteiger partial charge in [0.15, 0.2) is 5.69 Å². The molecule has 2 aromatic rings. The van der Waals surface area contributed by atoms with E-state index in [4.69, 9.17) is 0 Å². The number of aliphatic hydroxyl groups excluding tert-OH is 1. The van der Waals surface area contributed by atoms with E-state index in [0.717, 1.165) is 36.5 Å². The lowest BCUT2D eigenvalue weighted by Gasteiger charge is -2.29. The Labute approximate surface area is 122 Å². The molecule has 1 aromatic carbocycles. The molecule has 3 rings (SSSR count). The van der Waals surface area contributed by atoms with Crippen molar-refractivity contribution in [2.24, 2.45) is 0 Å². The van der Waals surface area contributed by atoms with Crippen LogP contribution in [0.4, 0.5) is 5.82 Å². The minimum absolute atomic E-state index is 0.0160. The minimum Gasteiger partial charge on any atom is -0.477 e. The number of fused-ring (bicyclic) bond motifs is 1. The molecule has 21 heavy (non-hydrogen) atoms. The minimum atomic E-state index is -1.05. The predicted octanol–water partition coefficient (Wildman–Crippen LogP) is 2.65. The maximum Gasteiger partial charge on any atom is 0.354 e. The molecule has 1 aliphatic carbocycles. The summed E-state index contributed by atoms with van der Waals surface area (Å²) in [4.78, 5) is 15.5. The van der Waals surface area contributed by atoms with Gasteiger partial charge in [-0.05, 0) is 24.3 Å². The smallest absolute Gasteiger partial charge is 0.354 e. The largest absolute Gasteiger partial charge is 0.477 e. The molecular weight excluding hydrogens is 268 g/mol. The maximum absolute atomic E-state index is 11.2. The maximum atomic E-state index is 11.2. The molecule has 1 aromatic heterocycles. The molecule has 1 heterocycles. The second-order valence-corrected chi connectivity index (χ2v) is 5.65. The summed E-state index contributed by atoms with van der Waals surface area (Å²) in [6, 6.07) is 9.12. The predicted molar refractivity (Wildman–Crippen MR) is 80.6 cm³/mol. The van der Waals surface area contributed by atoms with Crippen LogP contribution in [0.3, 0.4) is 0 Å². The van der Waals surface area contributed by atoms with Crippen molar-refractivity contribution >= 4 is 22.6 Å². The molecule has 110 valence electrons. The number of nitrogens with one attached hydrogen (secondary N) is 1. The lowest BCUT2D eigenvalue weighted by molar-refractivity contribution is 0.0691. The van der Waals surface area contributed by atoms with Crippen molar-refractivity contribution in [3.63, 3.8) is 0 Å². The van der Waals surface area contributed by atoms with E-state index >= 15 is 0 Å². The molecule has 0 unspecified atom stereocenters. The fraction of sp³-hybridized carbons (Fsp3) is 0.375. The van der Waals surface area contributed by atoms with E-state index in [1.807, 2.05) is 24.3 Å². The Morgan fingerprint density at radius 2 is 2.00 bits per heavy atom. The highest BCUT2D eigenvalue weighted by Crippen LogP contribution is 2.34. The van der Waals surface area contributed by atoms with Gasteiger partial charge in [-0.15, -0.1) is 0 Å². The number of carboxylic acids is 1.